The van der Waals surface area contributed by atoms with Gasteiger partial charge in [0.1, 0.15) is 18.0 Å². The second kappa shape index (κ2) is 6.55. The van der Waals surface area contributed by atoms with E-state index in [1.165, 1.54) is 6.33 Å². The van der Waals surface area contributed by atoms with Crippen LogP contribution in [-0.2, 0) is 0 Å². The van der Waals surface area contributed by atoms with Crippen molar-refractivity contribution in [2.24, 2.45) is 5.84 Å². The summed E-state index contributed by atoms with van der Waals surface area (Å²) in [6.07, 6.45) is 1.50. The molecule has 0 radical (unpaired) electrons. The first-order valence-corrected chi connectivity index (χ1v) is 6.47. The van der Waals surface area contributed by atoms with Crippen molar-refractivity contribution < 1.29 is 0 Å². The molecule has 0 bridgehead atoms. The summed E-state index contributed by atoms with van der Waals surface area (Å²) >= 11 is 1.91. The molecule has 1 aromatic heterocycles. The number of nitrogens with zero attached hydrogens (tertiary/aromatic N) is 2. The Morgan fingerprint density at radius 2 is 2.12 bits per heavy atom. The highest BCUT2D eigenvalue weighted by Crippen LogP contribution is 2.18. The van der Waals surface area contributed by atoms with Crippen molar-refractivity contribution in [3.8, 4) is 0 Å². The van der Waals surface area contributed by atoms with Crippen molar-refractivity contribution in [3.63, 3.8) is 0 Å². The van der Waals surface area contributed by atoms with Gasteiger partial charge in [-0.15, -0.1) is 0 Å². The number of nitrogen functional groups attached to an aromatic ring is 1. The average molecular weight is 241 g/mol. The summed E-state index contributed by atoms with van der Waals surface area (Å²) < 4.78 is 0. The van der Waals surface area contributed by atoms with Crippen LogP contribution in [0.1, 0.15) is 19.4 Å². The zero-order chi connectivity index (χ0) is 12.0. The van der Waals surface area contributed by atoms with Gasteiger partial charge < -0.3 is 10.7 Å². The number of hydrogen-bond acceptors (Lipinski definition) is 6. The summed E-state index contributed by atoms with van der Waals surface area (Å²) in [6.45, 7) is 6.24. The van der Waals surface area contributed by atoms with Gasteiger partial charge in [0.2, 0.25) is 0 Å². The standard InChI is InChI=1S/C10H19N5S/c1-4-16-5-7(2)14-9-8(3)10(15-11)13-6-12-9/h6-7H,4-5,11H2,1-3H3,(H2,12,13,14,15). The van der Waals surface area contributed by atoms with E-state index in [1.54, 1.807) is 0 Å². The smallest absolute Gasteiger partial charge is 0.148 e. The zero-order valence-electron chi connectivity index (χ0n) is 9.95. The zero-order valence-corrected chi connectivity index (χ0v) is 10.8. The van der Waals surface area contributed by atoms with E-state index in [9.17, 15) is 0 Å². The first-order valence-electron chi connectivity index (χ1n) is 5.31. The molecule has 6 heteroatoms. The van der Waals surface area contributed by atoms with E-state index in [1.807, 2.05) is 18.7 Å². The number of hydrazine groups is 1. The molecule has 90 valence electrons. The summed E-state index contributed by atoms with van der Waals surface area (Å²) in [5, 5.41) is 3.35. The van der Waals surface area contributed by atoms with Crippen LogP contribution in [-0.4, -0.2) is 27.5 Å². The molecule has 1 unspecified atom stereocenters. The van der Waals surface area contributed by atoms with Crippen LogP contribution in [0.3, 0.4) is 0 Å². The SMILES string of the molecule is CCSCC(C)Nc1ncnc(NN)c1C. The molecule has 5 nitrogen and oxygen atoms in total. The second-order valence-electron chi connectivity index (χ2n) is 3.55. The first-order chi connectivity index (χ1) is 7.69. The summed E-state index contributed by atoms with van der Waals surface area (Å²) in [6, 6.07) is 0.379. The van der Waals surface area contributed by atoms with Crippen LogP contribution in [0.15, 0.2) is 6.33 Å². The molecule has 4 N–H and O–H groups in total. The Hall–Kier alpha value is -1.01. The molecule has 1 atom stereocenters. The number of anilines is 2. The molecule has 0 aliphatic heterocycles. The van der Waals surface area contributed by atoms with Gasteiger partial charge in [0, 0.05) is 17.4 Å². The fraction of sp³-hybridized carbons (Fsp3) is 0.600. The molecule has 0 amide bonds. The molecule has 1 aromatic rings. The lowest BCUT2D eigenvalue weighted by Gasteiger charge is -2.16. The van der Waals surface area contributed by atoms with Crippen LogP contribution in [0, 0.1) is 6.92 Å². The Morgan fingerprint density at radius 1 is 1.44 bits per heavy atom. The van der Waals surface area contributed by atoms with Crippen molar-refractivity contribution in [3.05, 3.63) is 11.9 Å². The van der Waals surface area contributed by atoms with Gasteiger partial charge in [0.05, 0.1) is 0 Å². The summed E-state index contributed by atoms with van der Waals surface area (Å²) in [4.78, 5) is 8.24. The Balaban J connectivity index is 2.66. The number of hydrogen-bond donors (Lipinski definition) is 3. The average Bonchev–Trinajstić information content (AvgIpc) is 2.29. The van der Waals surface area contributed by atoms with E-state index in [4.69, 9.17) is 5.84 Å². The maximum Gasteiger partial charge on any atom is 0.148 e. The molecule has 0 saturated heterocycles. The predicted octanol–water partition coefficient (Wildman–Crippen LogP) is 1.62. The molecule has 0 fully saturated rings. The molecule has 16 heavy (non-hydrogen) atoms. The summed E-state index contributed by atoms with van der Waals surface area (Å²) in [5.74, 6) is 9.05. The summed E-state index contributed by atoms with van der Waals surface area (Å²) in [5.41, 5.74) is 3.50. The topological polar surface area (TPSA) is 75.9 Å². The first kappa shape index (κ1) is 13.1. The number of aromatic nitrogens is 2. The second-order valence-corrected chi connectivity index (χ2v) is 4.86. The summed E-state index contributed by atoms with van der Waals surface area (Å²) in [7, 11) is 0. The van der Waals surface area contributed by atoms with E-state index < -0.39 is 0 Å². The Kier molecular flexibility index (Phi) is 5.34. The van der Waals surface area contributed by atoms with Crippen molar-refractivity contribution in [1.29, 1.82) is 0 Å². The van der Waals surface area contributed by atoms with Crippen LogP contribution in [0.5, 0.6) is 0 Å². The van der Waals surface area contributed by atoms with Crippen molar-refractivity contribution in [2.45, 2.75) is 26.8 Å². The molecule has 1 rings (SSSR count). The van der Waals surface area contributed by atoms with E-state index in [-0.39, 0.29) is 0 Å². The van der Waals surface area contributed by atoms with E-state index in [0.717, 1.165) is 22.9 Å². The fourth-order valence-electron chi connectivity index (χ4n) is 1.31. The van der Waals surface area contributed by atoms with Crippen LogP contribution in [0.4, 0.5) is 11.6 Å². The van der Waals surface area contributed by atoms with E-state index >= 15 is 0 Å². The van der Waals surface area contributed by atoms with Crippen LogP contribution >= 0.6 is 11.8 Å². The Bertz CT molecular complexity index is 331. The molecule has 0 saturated carbocycles. The van der Waals surface area contributed by atoms with Gasteiger partial charge in [-0.25, -0.2) is 15.8 Å². The Morgan fingerprint density at radius 3 is 2.75 bits per heavy atom. The molecule has 0 aromatic carbocycles. The predicted molar refractivity (Wildman–Crippen MR) is 70.7 cm³/mol. The van der Waals surface area contributed by atoms with Gasteiger partial charge in [-0.3, -0.25) is 0 Å². The number of rotatable bonds is 6. The molecule has 0 aliphatic carbocycles. The van der Waals surface area contributed by atoms with Gasteiger partial charge in [-0.1, -0.05) is 6.92 Å². The minimum atomic E-state index is 0.379. The normalized spacial score (nSPS) is 12.2. The van der Waals surface area contributed by atoms with Gasteiger partial charge in [0.25, 0.3) is 0 Å². The number of thioether (sulfide) groups is 1. The van der Waals surface area contributed by atoms with E-state index in [2.05, 4.69) is 34.6 Å². The fourth-order valence-corrected chi connectivity index (χ4v) is 1.98. The highest BCUT2D eigenvalue weighted by Gasteiger charge is 2.08. The molecular formula is C10H19N5S. The number of nitrogens with one attached hydrogen (secondary N) is 2. The van der Waals surface area contributed by atoms with Crippen LogP contribution < -0.4 is 16.6 Å². The highest BCUT2D eigenvalue weighted by atomic mass is 32.2. The van der Waals surface area contributed by atoms with E-state index in [0.29, 0.717) is 11.9 Å². The van der Waals surface area contributed by atoms with Gasteiger partial charge in [-0.2, -0.15) is 11.8 Å². The van der Waals surface area contributed by atoms with Crippen LogP contribution in [0.25, 0.3) is 0 Å². The maximum atomic E-state index is 5.36. The lowest BCUT2D eigenvalue weighted by molar-refractivity contribution is 0.894. The molecule has 0 aliphatic rings. The van der Waals surface area contributed by atoms with Gasteiger partial charge >= 0.3 is 0 Å². The quantitative estimate of drug-likeness (QED) is 0.519. The maximum absolute atomic E-state index is 5.36. The third kappa shape index (κ3) is 3.53. The lowest BCUT2D eigenvalue weighted by atomic mass is 10.3. The van der Waals surface area contributed by atoms with Gasteiger partial charge in [0.15, 0.2) is 0 Å². The largest absolute Gasteiger partial charge is 0.366 e. The van der Waals surface area contributed by atoms with Crippen molar-refractivity contribution in [2.75, 3.05) is 22.2 Å². The minimum Gasteiger partial charge on any atom is -0.366 e. The lowest BCUT2D eigenvalue weighted by Crippen LogP contribution is -2.20. The van der Waals surface area contributed by atoms with Crippen molar-refractivity contribution >= 4 is 23.4 Å². The van der Waals surface area contributed by atoms with Crippen molar-refractivity contribution in [1.82, 2.24) is 9.97 Å². The monoisotopic (exact) mass is 241 g/mol. The molecule has 1 heterocycles. The third-order valence-electron chi connectivity index (χ3n) is 2.18. The van der Waals surface area contributed by atoms with Gasteiger partial charge in [-0.05, 0) is 19.6 Å². The minimum absolute atomic E-state index is 0.379. The number of nitrogens with two attached hydrogens (primary N) is 1. The third-order valence-corrected chi connectivity index (χ3v) is 3.32. The molecule has 0 spiro atoms. The van der Waals surface area contributed by atoms with Crippen LogP contribution in [0.2, 0.25) is 0 Å². The highest BCUT2D eigenvalue weighted by molar-refractivity contribution is 7.99. The Labute approximate surface area is 101 Å². The molecular weight excluding hydrogens is 222 g/mol.